The number of aliphatic hydroxyl groups excluding tert-OH is 1. The molecule has 0 aromatic carbocycles. The number of hydrogen-bond donors (Lipinski definition) is 2. The van der Waals surface area contributed by atoms with E-state index in [1.807, 2.05) is 0 Å². The zero-order valence-corrected chi connectivity index (χ0v) is 11.8. The number of likely N-dealkylation sites (tertiary alicyclic amines) is 1. The summed E-state index contributed by atoms with van der Waals surface area (Å²) in [7, 11) is 1.76. The summed E-state index contributed by atoms with van der Waals surface area (Å²) in [5, 5.41) is 9.29. The van der Waals surface area contributed by atoms with Crippen molar-refractivity contribution in [2.45, 2.75) is 31.7 Å². The largest absolute Gasteiger partial charge is 0.395 e. The Hall–Kier alpha value is -0.720. The second-order valence-corrected chi connectivity index (χ2v) is 5.36. The summed E-state index contributed by atoms with van der Waals surface area (Å²) in [6, 6.07) is 0.131. The van der Waals surface area contributed by atoms with Crippen LogP contribution in [0.3, 0.4) is 0 Å². The Morgan fingerprint density at radius 2 is 2.28 bits per heavy atom. The van der Waals surface area contributed by atoms with Gasteiger partial charge >= 0.3 is 0 Å². The number of thiocarbonyl (C=S) groups is 1. The number of piperidine rings is 1. The number of nitrogens with zero attached hydrogens (tertiary/aromatic N) is 2. The van der Waals surface area contributed by atoms with Crippen molar-refractivity contribution in [3.8, 4) is 0 Å². The maximum absolute atomic E-state index is 12.0. The van der Waals surface area contributed by atoms with Gasteiger partial charge in [-0.1, -0.05) is 18.6 Å². The van der Waals surface area contributed by atoms with Gasteiger partial charge in [0.2, 0.25) is 5.91 Å². The van der Waals surface area contributed by atoms with E-state index in [1.165, 1.54) is 0 Å². The van der Waals surface area contributed by atoms with Gasteiger partial charge in [-0.2, -0.15) is 0 Å². The second kappa shape index (κ2) is 7.66. The number of hydrogen-bond acceptors (Lipinski definition) is 4. The predicted molar refractivity (Wildman–Crippen MR) is 75.3 cm³/mol. The number of amides is 1. The van der Waals surface area contributed by atoms with E-state index in [-0.39, 0.29) is 18.6 Å². The highest BCUT2D eigenvalue weighted by Gasteiger charge is 2.24. The molecule has 0 saturated carbocycles. The molecule has 0 spiro atoms. The minimum Gasteiger partial charge on any atom is -0.395 e. The number of aliphatic hydroxyl groups is 1. The lowest BCUT2D eigenvalue weighted by Crippen LogP contribution is -2.47. The van der Waals surface area contributed by atoms with Gasteiger partial charge < -0.3 is 15.7 Å². The highest BCUT2D eigenvalue weighted by atomic mass is 32.1. The zero-order chi connectivity index (χ0) is 13.5. The normalized spacial score (nSPS) is 20.7. The Kier molecular flexibility index (Phi) is 6.52. The summed E-state index contributed by atoms with van der Waals surface area (Å²) in [6.45, 7) is 1.95. The number of likely N-dealkylation sites (N-methyl/N-ethyl adjacent to an activating group) is 1. The fourth-order valence-electron chi connectivity index (χ4n) is 2.17. The van der Waals surface area contributed by atoms with E-state index in [1.54, 1.807) is 11.9 Å². The average Bonchev–Trinajstić information content (AvgIpc) is 2.36. The van der Waals surface area contributed by atoms with Crippen LogP contribution in [0.4, 0.5) is 0 Å². The van der Waals surface area contributed by atoms with Gasteiger partial charge in [-0.15, -0.1) is 0 Å². The first-order valence-corrected chi connectivity index (χ1v) is 6.82. The molecule has 1 amide bonds. The minimum atomic E-state index is 0.0617. The quantitative estimate of drug-likeness (QED) is 0.665. The molecule has 1 fully saturated rings. The molecule has 1 rings (SSSR count). The van der Waals surface area contributed by atoms with Crippen LogP contribution in [0.15, 0.2) is 0 Å². The molecule has 0 radical (unpaired) electrons. The third-order valence-corrected chi connectivity index (χ3v) is 3.62. The SMILES string of the molecule is CN(CCC(N)=S)C(=O)CN1CCCCC1CO. The number of carbonyl (C=O) groups excluding carboxylic acids is 1. The molecule has 3 N–H and O–H groups in total. The van der Waals surface area contributed by atoms with Crippen molar-refractivity contribution in [2.24, 2.45) is 5.73 Å². The molecule has 1 atom stereocenters. The maximum atomic E-state index is 12.0. The molecule has 1 saturated heterocycles. The van der Waals surface area contributed by atoms with E-state index >= 15 is 0 Å². The number of rotatable bonds is 6. The third-order valence-electron chi connectivity index (χ3n) is 3.42. The predicted octanol–water partition coefficient (Wildman–Crippen LogP) is -0.0322. The van der Waals surface area contributed by atoms with E-state index in [9.17, 15) is 9.90 Å². The van der Waals surface area contributed by atoms with Crippen LogP contribution in [0.5, 0.6) is 0 Å². The second-order valence-electron chi connectivity index (χ2n) is 4.83. The molecule has 0 aliphatic carbocycles. The molecule has 6 heteroatoms. The van der Waals surface area contributed by atoms with Gasteiger partial charge in [-0.05, 0) is 19.4 Å². The van der Waals surface area contributed by atoms with Crippen LogP contribution in [0.1, 0.15) is 25.7 Å². The summed E-state index contributed by atoms with van der Waals surface area (Å²) in [4.78, 5) is 16.2. The molecular weight excluding hydrogens is 250 g/mol. The highest BCUT2D eigenvalue weighted by Crippen LogP contribution is 2.16. The summed E-state index contributed by atoms with van der Waals surface area (Å²) in [5.41, 5.74) is 5.42. The summed E-state index contributed by atoms with van der Waals surface area (Å²) < 4.78 is 0. The van der Waals surface area contributed by atoms with E-state index in [0.717, 1.165) is 25.8 Å². The van der Waals surface area contributed by atoms with E-state index in [2.05, 4.69) is 4.90 Å². The summed E-state index contributed by atoms with van der Waals surface area (Å²) in [5.74, 6) is 0.0617. The Morgan fingerprint density at radius 1 is 1.56 bits per heavy atom. The summed E-state index contributed by atoms with van der Waals surface area (Å²) >= 11 is 4.80. The topological polar surface area (TPSA) is 69.8 Å². The van der Waals surface area contributed by atoms with Crippen molar-refractivity contribution >= 4 is 23.1 Å². The van der Waals surface area contributed by atoms with Crippen molar-refractivity contribution in [1.29, 1.82) is 0 Å². The highest BCUT2D eigenvalue weighted by molar-refractivity contribution is 7.80. The van der Waals surface area contributed by atoms with Crippen LogP contribution >= 0.6 is 12.2 Å². The molecule has 5 nitrogen and oxygen atoms in total. The van der Waals surface area contributed by atoms with Crippen molar-refractivity contribution in [1.82, 2.24) is 9.80 Å². The molecule has 1 heterocycles. The molecule has 1 aliphatic rings. The molecule has 18 heavy (non-hydrogen) atoms. The van der Waals surface area contributed by atoms with Crippen LogP contribution in [0.2, 0.25) is 0 Å². The Morgan fingerprint density at radius 3 is 2.89 bits per heavy atom. The Labute approximate surface area is 114 Å². The molecule has 1 aliphatic heterocycles. The third kappa shape index (κ3) is 4.88. The van der Waals surface area contributed by atoms with Gasteiger partial charge in [0.05, 0.1) is 18.1 Å². The first kappa shape index (κ1) is 15.3. The molecule has 1 unspecified atom stereocenters. The van der Waals surface area contributed by atoms with Gasteiger partial charge in [0, 0.05) is 26.1 Å². The molecule has 0 aromatic rings. The first-order chi connectivity index (χ1) is 8.54. The fraction of sp³-hybridized carbons (Fsp3) is 0.833. The summed E-state index contributed by atoms with van der Waals surface area (Å²) in [6.07, 6.45) is 3.76. The van der Waals surface area contributed by atoms with E-state index in [0.29, 0.717) is 24.5 Å². The van der Waals surface area contributed by atoms with Crippen LogP contribution < -0.4 is 5.73 Å². The van der Waals surface area contributed by atoms with E-state index in [4.69, 9.17) is 18.0 Å². The molecule has 0 aromatic heterocycles. The van der Waals surface area contributed by atoms with Gasteiger partial charge in [-0.25, -0.2) is 0 Å². The number of carbonyl (C=O) groups is 1. The molecule has 104 valence electrons. The van der Waals surface area contributed by atoms with Crippen molar-refractivity contribution in [3.05, 3.63) is 0 Å². The average molecular weight is 273 g/mol. The smallest absolute Gasteiger partial charge is 0.236 e. The number of nitrogens with two attached hydrogens (primary N) is 1. The van der Waals surface area contributed by atoms with Crippen molar-refractivity contribution in [3.63, 3.8) is 0 Å². The zero-order valence-electron chi connectivity index (χ0n) is 11.0. The fourth-order valence-corrected chi connectivity index (χ4v) is 2.26. The monoisotopic (exact) mass is 273 g/mol. The Bertz CT molecular complexity index is 299. The lowest BCUT2D eigenvalue weighted by Gasteiger charge is -2.34. The van der Waals surface area contributed by atoms with Crippen molar-refractivity contribution < 1.29 is 9.90 Å². The standard InChI is InChI=1S/C12H23N3O2S/c1-14(7-5-11(13)18)12(17)8-15-6-3-2-4-10(15)9-16/h10,16H,2-9H2,1H3,(H2,13,18). The van der Waals surface area contributed by atoms with Gasteiger partial charge in [-0.3, -0.25) is 9.69 Å². The van der Waals surface area contributed by atoms with Crippen molar-refractivity contribution in [2.75, 3.05) is 33.3 Å². The van der Waals surface area contributed by atoms with Gasteiger partial charge in [0.15, 0.2) is 0 Å². The first-order valence-electron chi connectivity index (χ1n) is 6.41. The lowest BCUT2D eigenvalue weighted by molar-refractivity contribution is -0.132. The maximum Gasteiger partial charge on any atom is 0.236 e. The van der Waals surface area contributed by atoms with Gasteiger partial charge in [0.1, 0.15) is 0 Å². The van der Waals surface area contributed by atoms with Crippen LogP contribution in [-0.4, -0.2) is 65.1 Å². The van der Waals surface area contributed by atoms with E-state index < -0.39 is 0 Å². The van der Waals surface area contributed by atoms with Crippen LogP contribution in [-0.2, 0) is 4.79 Å². The Balaban J connectivity index is 2.39. The molecule has 0 bridgehead atoms. The van der Waals surface area contributed by atoms with Crippen LogP contribution in [0, 0.1) is 0 Å². The van der Waals surface area contributed by atoms with Crippen LogP contribution in [0.25, 0.3) is 0 Å². The minimum absolute atomic E-state index is 0.0617. The van der Waals surface area contributed by atoms with Gasteiger partial charge in [0.25, 0.3) is 0 Å². The molecular formula is C12H23N3O2S. The lowest BCUT2D eigenvalue weighted by atomic mass is 10.0.